The van der Waals surface area contributed by atoms with Gasteiger partial charge in [-0.3, -0.25) is 4.79 Å². The molecule has 0 bridgehead atoms. The highest BCUT2D eigenvalue weighted by Gasteiger charge is 2.07. The van der Waals surface area contributed by atoms with Crippen LogP contribution in [0.25, 0.3) is 11.0 Å². The van der Waals surface area contributed by atoms with Gasteiger partial charge in [-0.05, 0) is 61.5 Å². The van der Waals surface area contributed by atoms with E-state index in [1.54, 1.807) is 31.2 Å². The summed E-state index contributed by atoms with van der Waals surface area (Å²) in [6, 6.07) is 15.2. The molecule has 0 fully saturated rings. The fourth-order valence-corrected chi connectivity index (χ4v) is 3.03. The molecule has 0 amide bonds. The highest BCUT2D eigenvalue weighted by molar-refractivity contribution is 6.32. The molecule has 0 unspecified atom stereocenters. The predicted octanol–water partition coefficient (Wildman–Crippen LogP) is 6.65. The zero-order chi connectivity index (χ0) is 21.7. The lowest BCUT2D eigenvalue weighted by Gasteiger charge is -2.09. The minimum absolute atomic E-state index is 0.277. The van der Waals surface area contributed by atoms with Gasteiger partial charge in [-0.25, -0.2) is 9.37 Å². The van der Waals surface area contributed by atoms with Gasteiger partial charge in [0.25, 0.3) is 0 Å². The number of aldehydes is 1. The van der Waals surface area contributed by atoms with E-state index in [0.29, 0.717) is 44.7 Å². The van der Waals surface area contributed by atoms with E-state index < -0.39 is 5.82 Å². The van der Waals surface area contributed by atoms with Crippen molar-refractivity contribution in [3.05, 3.63) is 81.8 Å². The van der Waals surface area contributed by atoms with E-state index in [4.69, 9.17) is 27.9 Å². The first kappa shape index (κ1) is 21.6. The Labute approximate surface area is 182 Å². The van der Waals surface area contributed by atoms with Gasteiger partial charge in [-0.2, -0.15) is 0 Å². The number of carbonyl (C=O) groups is 1. The quantitative estimate of drug-likeness (QED) is 0.345. The van der Waals surface area contributed by atoms with Crippen molar-refractivity contribution in [3.8, 4) is 11.5 Å². The van der Waals surface area contributed by atoms with Gasteiger partial charge < -0.3 is 15.0 Å². The van der Waals surface area contributed by atoms with Crippen molar-refractivity contribution in [3.63, 3.8) is 0 Å². The molecule has 0 atom stereocenters. The topological polar surface area (TPSA) is 67.0 Å². The lowest BCUT2D eigenvalue weighted by Crippen LogP contribution is -1.89. The summed E-state index contributed by atoms with van der Waals surface area (Å²) in [5.74, 6) is 1.56. The number of hydrogen-bond donors (Lipinski definition) is 2. The average molecular weight is 446 g/mol. The van der Waals surface area contributed by atoms with Gasteiger partial charge in [0.05, 0.1) is 16.1 Å². The Morgan fingerprint density at radius 3 is 2.47 bits per heavy atom. The zero-order valence-electron chi connectivity index (χ0n) is 16.2. The number of aromatic amines is 1. The molecule has 0 radical (unpaired) electrons. The normalized spacial score (nSPS) is 10.3. The van der Waals surface area contributed by atoms with Crippen LogP contribution in [0.3, 0.4) is 0 Å². The number of nitrogens with zero attached hydrogens (tertiary/aromatic N) is 1. The Balaban J connectivity index is 0.000000177. The molecule has 4 rings (SSSR count). The molecule has 0 aliphatic heterocycles. The van der Waals surface area contributed by atoms with Crippen LogP contribution in [0.2, 0.25) is 10.0 Å². The third-order valence-corrected chi connectivity index (χ3v) is 4.64. The fraction of sp³-hybridized carbons (Fsp3) is 0.0909. The molecule has 1 aromatic heterocycles. The van der Waals surface area contributed by atoms with E-state index in [-0.39, 0.29) is 5.56 Å². The largest absolute Gasteiger partial charge is 0.456 e. The van der Waals surface area contributed by atoms with E-state index in [1.165, 1.54) is 12.1 Å². The minimum atomic E-state index is -0.432. The summed E-state index contributed by atoms with van der Waals surface area (Å²) in [4.78, 5) is 17.5. The first-order chi connectivity index (χ1) is 14.4. The Hall–Kier alpha value is -3.09. The van der Waals surface area contributed by atoms with Crippen molar-refractivity contribution >= 4 is 46.2 Å². The fourth-order valence-electron chi connectivity index (χ4n) is 2.69. The minimum Gasteiger partial charge on any atom is -0.456 e. The molecule has 0 saturated heterocycles. The zero-order valence-corrected chi connectivity index (χ0v) is 17.7. The second kappa shape index (κ2) is 9.61. The van der Waals surface area contributed by atoms with Crippen LogP contribution in [0.4, 0.5) is 10.1 Å². The van der Waals surface area contributed by atoms with Gasteiger partial charge in [0.1, 0.15) is 23.1 Å². The maximum absolute atomic E-state index is 12.9. The summed E-state index contributed by atoms with van der Waals surface area (Å²) < 4.78 is 18.5. The third-order valence-electron chi connectivity index (χ3n) is 4.09. The van der Waals surface area contributed by atoms with E-state index in [9.17, 15) is 9.18 Å². The lowest BCUT2D eigenvalue weighted by molar-refractivity contribution is 0.112. The molecule has 1 heterocycles. The number of benzene rings is 3. The highest BCUT2D eigenvalue weighted by Crippen LogP contribution is 2.31. The maximum Gasteiger partial charge on any atom is 0.152 e. The van der Waals surface area contributed by atoms with Gasteiger partial charge in [0.15, 0.2) is 6.29 Å². The molecule has 4 aromatic rings. The maximum atomic E-state index is 12.9. The van der Waals surface area contributed by atoms with E-state index >= 15 is 0 Å². The van der Waals surface area contributed by atoms with Crippen LogP contribution in [0.1, 0.15) is 16.2 Å². The number of aryl methyl sites for hydroxylation is 1. The predicted molar refractivity (Wildman–Crippen MR) is 119 cm³/mol. The van der Waals surface area contributed by atoms with Gasteiger partial charge in [0.2, 0.25) is 0 Å². The van der Waals surface area contributed by atoms with Crippen LogP contribution >= 0.6 is 23.2 Å². The molecule has 8 heteroatoms. The molecule has 0 spiro atoms. The summed E-state index contributed by atoms with van der Waals surface area (Å²) in [6.45, 7) is 1.76. The van der Waals surface area contributed by atoms with E-state index in [1.807, 2.05) is 25.2 Å². The lowest BCUT2D eigenvalue weighted by atomic mass is 10.2. The van der Waals surface area contributed by atoms with Crippen LogP contribution in [0.5, 0.6) is 11.5 Å². The second-order valence-electron chi connectivity index (χ2n) is 6.28. The summed E-state index contributed by atoms with van der Waals surface area (Å²) in [6.07, 6.45) is 0.603. The average Bonchev–Trinajstić information content (AvgIpc) is 3.10. The van der Waals surface area contributed by atoms with Crippen molar-refractivity contribution in [1.29, 1.82) is 0 Å². The summed E-state index contributed by atoms with van der Waals surface area (Å²) in [5, 5.41) is 4.25. The van der Waals surface area contributed by atoms with Crippen LogP contribution in [-0.2, 0) is 0 Å². The Morgan fingerprint density at radius 1 is 1.10 bits per heavy atom. The molecule has 2 N–H and O–H groups in total. The summed E-state index contributed by atoms with van der Waals surface area (Å²) in [7, 11) is 1.84. The summed E-state index contributed by atoms with van der Waals surface area (Å²) >= 11 is 11.9. The number of halogens is 3. The molecule has 0 aliphatic rings. The van der Waals surface area contributed by atoms with Gasteiger partial charge in [-0.1, -0.05) is 23.2 Å². The van der Waals surface area contributed by atoms with E-state index in [0.717, 1.165) is 5.69 Å². The van der Waals surface area contributed by atoms with Crippen molar-refractivity contribution in [2.75, 3.05) is 12.4 Å². The molecule has 0 saturated carbocycles. The second-order valence-corrected chi connectivity index (χ2v) is 7.13. The Bertz CT molecular complexity index is 1180. The first-order valence-electron chi connectivity index (χ1n) is 8.91. The monoisotopic (exact) mass is 445 g/mol. The number of rotatable bonds is 4. The number of aromatic nitrogens is 2. The van der Waals surface area contributed by atoms with Gasteiger partial charge in [0, 0.05) is 23.3 Å². The molecule has 3 aromatic carbocycles. The molecule has 0 aliphatic carbocycles. The molecule has 154 valence electrons. The van der Waals surface area contributed by atoms with Gasteiger partial charge in [-0.15, -0.1) is 0 Å². The molecular weight excluding hydrogens is 428 g/mol. The number of anilines is 1. The smallest absolute Gasteiger partial charge is 0.152 e. The standard InChI is InChI=1S/C13H11Cl2NO.C9H7FN2O/c1-16-10-4-7-13(12(15)8-10)17-11-5-2-9(14)3-6-11;1-5-11-8-3-7(10)2-6(4-13)9(8)12-5/h2-8,16H,1H3;2-4H,1H3,(H,11,12). The van der Waals surface area contributed by atoms with Crippen molar-refractivity contribution in [2.45, 2.75) is 6.92 Å². The van der Waals surface area contributed by atoms with E-state index in [2.05, 4.69) is 15.3 Å². The molecule has 30 heavy (non-hydrogen) atoms. The van der Waals surface area contributed by atoms with Crippen molar-refractivity contribution in [2.24, 2.45) is 0 Å². The summed E-state index contributed by atoms with van der Waals surface area (Å²) in [5.41, 5.74) is 2.30. The number of H-pyrrole nitrogens is 1. The first-order valence-corrected chi connectivity index (χ1v) is 9.67. The van der Waals surface area contributed by atoms with Crippen LogP contribution in [0, 0.1) is 12.7 Å². The SMILES string of the molecule is CNc1ccc(Oc2ccc(Cl)cc2)c(Cl)c1.Cc1nc2c(C=O)cc(F)cc2[nH]1. The molecule has 5 nitrogen and oxygen atoms in total. The van der Waals surface area contributed by atoms with Crippen LogP contribution < -0.4 is 10.1 Å². The van der Waals surface area contributed by atoms with Crippen LogP contribution in [-0.4, -0.2) is 23.3 Å². The number of imidazole rings is 1. The van der Waals surface area contributed by atoms with Crippen LogP contribution in [0.15, 0.2) is 54.6 Å². The number of fused-ring (bicyclic) bond motifs is 1. The van der Waals surface area contributed by atoms with Crippen molar-refractivity contribution < 1.29 is 13.9 Å². The van der Waals surface area contributed by atoms with Crippen molar-refractivity contribution in [1.82, 2.24) is 9.97 Å². The number of hydrogen-bond acceptors (Lipinski definition) is 4. The number of carbonyl (C=O) groups excluding carboxylic acids is 1. The third kappa shape index (κ3) is 5.28. The van der Waals surface area contributed by atoms with Gasteiger partial charge >= 0.3 is 0 Å². The number of ether oxygens (including phenoxy) is 1. The Morgan fingerprint density at radius 2 is 1.83 bits per heavy atom. The highest BCUT2D eigenvalue weighted by atomic mass is 35.5. The molecular formula is C22H18Cl2FN3O2. The number of nitrogens with one attached hydrogen (secondary N) is 2. The Kier molecular flexibility index (Phi) is 6.92.